The van der Waals surface area contributed by atoms with Gasteiger partial charge in [0.05, 0.1) is 11.5 Å². The minimum Gasteiger partial charge on any atom is -0.369 e. The predicted molar refractivity (Wildman–Crippen MR) is 35.1 cm³/mol. The Bertz CT molecular complexity index is 113. The largest absolute Gasteiger partial charge is 0.369 e. The molecule has 0 aliphatic heterocycles. The van der Waals surface area contributed by atoms with Crippen molar-refractivity contribution < 1.29 is 4.79 Å². The summed E-state index contributed by atoms with van der Waals surface area (Å²) >= 11 is 1.24. The number of nitrogens with one attached hydrogen (secondary N) is 1. The third-order valence-electron chi connectivity index (χ3n) is 0.581. The third kappa shape index (κ3) is 3.67. The van der Waals surface area contributed by atoms with E-state index in [1.807, 2.05) is 0 Å². The molecule has 0 spiro atoms. The molecule has 0 saturated carbocycles. The summed E-state index contributed by atoms with van der Waals surface area (Å²) in [5.41, 5.74) is 4.78. The van der Waals surface area contributed by atoms with Crippen molar-refractivity contribution in [1.82, 2.24) is 0 Å². The number of amides is 1. The van der Waals surface area contributed by atoms with Gasteiger partial charge in [-0.05, 0) is 6.26 Å². The molecule has 0 bridgehead atoms. The molecule has 0 aliphatic rings. The Morgan fingerprint density at radius 3 is 2.50 bits per heavy atom. The first-order chi connectivity index (χ1) is 3.66. The van der Waals surface area contributed by atoms with Crippen LogP contribution in [0.2, 0.25) is 0 Å². The van der Waals surface area contributed by atoms with Crippen molar-refractivity contribution in [2.45, 2.75) is 6.42 Å². The molecule has 0 aromatic heterocycles. The number of hydrogen-bond acceptors (Lipinski definition) is 3. The van der Waals surface area contributed by atoms with E-state index in [1.165, 1.54) is 11.8 Å². The maximum absolute atomic E-state index is 10.0. The number of carbonyl (C=O) groups is 1. The maximum atomic E-state index is 10.0. The molecular weight excluding hydrogens is 124 g/mol. The minimum absolute atomic E-state index is 0.0706. The molecule has 0 rings (SSSR count). The number of thioether (sulfide) groups is 1. The van der Waals surface area contributed by atoms with Crippen LogP contribution in [-0.2, 0) is 4.79 Å². The van der Waals surface area contributed by atoms with Crippen LogP contribution in [-0.4, -0.2) is 17.2 Å². The second-order valence-electron chi connectivity index (χ2n) is 1.27. The van der Waals surface area contributed by atoms with Crippen LogP contribution >= 0.6 is 11.8 Å². The Morgan fingerprint density at radius 2 is 2.38 bits per heavy atom. The van der Waals surface area contributed by atoms with Gasteiger partial charge in [-0.2, -0.15) is 0 Å². The first-order valence-electron chi connectivity index (χ1n) is 2.06. The highest BCUT2D eigenvalue weighted by molar-refractivity contribution is 8.13. The number of primary amides is 1. The summed E-state index contributed by atoms with van der Waals surface area (Å²) in [6.45, 7) is 0. The summed E-state index contributed by atoms with van der Waals surface area (Å²) in [6, 6.07) is 0. The molecule has 3 N–H and O–H groups in total. The van der Waals surface area contributed by atoms with Crippen molar-refractivity contribution in [2.24, 2.45) is 5.73 Å². The van der Waals surface area contributed by atoms with Gasteiger partial charge in [-0.15, -0.1) is 11.8 Å². The highest BCUT2D eigenvalue weighted by Gasteiger charge is 1.97. The molecule has 0 atom stereocenters. The summed E-state index contributed by atoms with van der Waals surface area (Å²) in [6.07, 6.45) is 1.81. The molecule has 0 radical (unpaired) electrons. The average molecular weight is 132 g/mol. The summed E-state index contributed by atoms with van der Waals surface area (Å²) in [5.74, 6) is -0.440. The quantitative estimate of drug-likeness (QED) is 0.416. The second kappa shape index (κ2) is 3.49. The van der Waals surface area contributed by atoms with Crippen LogP contribution in [0.25, 0.3) is 0 Å². The number of carbonyl (C=O) groups excluding carboxylic acids is 1. The molecule has 0 unspecified atom stereocenters. The van der Waals surface area contributed by atoms with E-state index in [-0.39, 0.29) is 6.42 Å². The van der Waals surface area contributed by atoms with Crippen LogP contribution in [0.1, 0.15) is 6.42 Å². The zero-order valence-electron chi connectivity index (χ0n) is 4.60. The van der Waals surface area contributed by atoms with Gasteiger partial charge in [0, 0.05) is 0 Å². The van der Waals surface area contributed by atoms with E-state index in [0.29, 0.717) is 5.04 Å². The van der Waals surface area contributed by atoms with Crippen LogP contribution in [0.4, 0.5) is 0 Å². The van der Waals surface area contributed by atoms with Crippen molar-refractivity contribution in [1.29, 1.82) is 5.41 Å². The van der Waals surface area contributed by atoms with Gasteiger partial charge in [-0.25, -0.2) is 0 Å². The lowest BCUT2D eigenvalue weighted by Gasteiger charge is -1.91. The Kier molecular flexibility index (Phi) is 3.26. The van der Waals surface area contributed by atoms with Gasteiger partial charge in [0.2, 0.25) is 5.91 Å². The van der Waals surface area contributed by atoms with Crippen molar-refractivity contribution in [3.05, 3.63) is 0 Å². The maximum Gasteiger partial charge on any atom is 0.223 e. The fourth-order valence-electron chi connectivity index (χ4n) is 0.230. The molecule has 0 fully saturated rings. The van der Waals surface area contributed by atoms with E-state index in [4.69, 9.17) is 11.1 Å². The van der Waals surface area contributed by atoms with Gasteiger partial charge >= 0.3 is 0 Å². The fraction of sp³-hybridized carbons (Fsp3) is 0.500. The molecule has 4 heteroatoms. The van der Waals surface area contributed by atoms with Crippen LogP contribution < -0.4 is 5.73 Å². The van der Waals surface area contributed by atoms with Gasteiger partial charge < -0.3 is 5.73 Å². The molecule has 3 nitrogen and oxygen atoms in total. The smallest absolute Gasteiger partial charge is 0.223 e. The van der Waals surface area contributed by atoms with Gasteiger partial charge in [0.25, 0.3) is 0 Å². The van der Waals surface area contributed by atoms with Gasteiger partial charge in [-0.3, -0.25) is 10.2 Å². The van der Waals surface area contributed by atoms with E-state index < -0.39 is 5.91 Å². The predicted octanol–water partition coefficient (Wildman–Crippen LogP) is 0.202. The minimum atomic E-state index is -0.440. The van der Waals surface area contributed by atoms with Crippen molar-refractivity contribution in [3.63, 3.8) is 0 Å². The van der Waals surface area contributed by atoms with E-state index in [9.17, 15) is 4.79 Å². The van der Waals surface area contributed by atoms with Gasteiger partial charge in [0.1, 0.15) is 0 Å². The first-order valence-corrected chi connectivity index (χ1v) is 3.29. The standard InChI is InChI=1S/C4H8N2OS/c1-8-4(6)2-3(5)7/h6H,2H2,1H3,(H2,5,7). The molecule has 0 aromatic rings. The normalized spacial score (nSPS) is 8.62. The first kappa shape index (κ1) is 7.49. The zero-order chi connectivity index (χ0) is 6.57. The number of hydrogen-bond donors (Lipinski definition) is 2. The van der Waals surface area contributed by atoms with Crippen molar-refractivity contribution in [3.8, 4) is 0 Å². The second-order valence-corrected chi connectivity index (χ2v) is 2.17. The topological polar surface area (TPSA) is 66.9 Å². The van der Waals surface area contributed by atoms with Crippen LogP contribution in [0.5, 0.6) is 0 Å². The third-order valence-corrected chi connectivity index (χ3v) is 1.22. The molecule has 46 valence electrons. The number of nitrogens with two attached hydrogens (primary N) is 1. The molecule has 0 aliphatic carbocycles. The van der Waals surface area contributed by atoms with E-state index >= 15 is 0 Å². The van der Waals surface area contributed by atoms with Crippen LogP contribution in [0, 0.1) is 5.41 Å². The Morgan fingerprint density at radius 1 is 1.88 bits per heavy atom. The van der Waals surface area contributed by atoms with Gasteiger partial charge in [0.15, 0.2) is 0 Å². The zero-order valence-corrected chi connectivity index (χ0v) is 5.42. The molecule has 0 heterocycles. The summed E-state index contributed by atoms with van der Waals surface area (Å²) < 4.78 is 0. The summed E-state index contributed by atoms with van der Waals surface area (Å²) in [7, 11) is 0. The van der Waals surface area contributed by atoms with Crippen molar-refractivity contribution >= 4 is 22.7 Å². The lowest BCUT2D eigenvalue weighted by Crippen LogP contribution is -2.13. The van der Waals surface area contributed by atoms with E-state index in [0.717, 1.165) is 0 Å². The van der Waals surface area contributed by atoms with Crippen molar-refractivity contribution in [2.75, 3.05) is 6.26 Å². The Labute approximate surface area is 52.1 Å². The molecule has 8 heavy (non-hydrogen) atoms. The van der Waals surface area contributed by atoms with Crippen LogP contribution in [0.15, 0.2) is 0 Å². The average Bonchev–Trinajstić information content (AvgIpc) is 1.65. The summed E-state index contributed by atoms with van der Waals surface area (Å²) in [4.78, 5) is 10.0. The molecular formula is C4H8N2OS. The monoisotopic (exact) mass is 132 g/mol. The highest BCUT2D eigenvalue weighted by atomic mass is 32.2. The summed E-state index contributed by atoms with van der Waals surface area (Å²) in [5, 5.41) is 7.25. The molecule has 1 amide bonds. The van der Waals surface area contributed by atoms with E-state index in [1.54, 1.807) is 6.26 Å². The van der Waals surface area contributed by atoms with Gasteiger partial charge in [-0.1, -0.05) is 0 Å². The van der Waals surface area contributed by atoms with E-state index in [2.05, 4.69) is 0 Å². The molecule has 0 saturated heterocycles. The molecule has 0 aromatic carbocycles. The lowest BCUT2D eigenvalue weighted by molar-refractivity contribution is -0.116. The highest BCUT2D eigenvalue weighted by Crippen LogP contribution is 1.97. The Balaban J connectivity index is 3.40. The lowest BCUT2D eigenvalue weighted by atomic mass is 10.4. The van der Waals surface area contributed by atoms with Crippen LogP contribution in [0.3, 0.4) is 0 Å². The Hall–Kier alpha value is -0.510. The number of rotatable bonds is 2. The fourth-order valence-corrected chi connectivity index (χ4v) is 0.517. The SMILES string of the molecule is CSC(=N)CC(N)=O.